The van der Waals surface area contributed by atoms with E-state index < -0.39 is 27.8 Å². The van der Waals surface area contributed by atoms with Crippen molar-refractivity contribution in [3.63, 3.8) is 0 Å². The lowest BCUT2D eigenvalue weighted by Gasteiger charge is -2.28. The van der Waals surface area contributed by atoms with E-state index in [1.54, 1.807) is 12.2 Å². The van der Waals surface area contributed by atoms with E-state index in [4.69, 9.17) is 5.14 Å². The van der Waals surface area contributed by atoms with Gasteiger partial charge in [0.2, 0.25) is 10.0 Å². The zero-order valence-electron chi connectivity index (χ0n) is 17.8. The number of halogens is 2. The third-order valence-electron chi connectivity index (χ3n) is 5.36. The highest BCUT2D eigenvalue weighted by molar-refractivity contribution is 7.93. The van der Waals surface area contributed by atoms with E-state index in [0.29, 0.717) is 29.1 Å². The minimum absolute atomic E-state index is 0.0434. The maximum absolute atomic E-state index is 14.1. The normalized spacial score (nSPS) is 17.7. The molecule has 0 saturated heterocycles. The van der Waals surface area contributed by atoms with Crippen LogP contribution in [0.15, 0.2) is 82.8 Å². The molecule has 2 aromatic carbocycles. The number of nitrogens with zero attached hydrogens (tertiary/aromatic N) is 1. The van der Waals surface area contributed by atoms with Crippen LogP contribution in [0.2, 0.25) is 0 Å². The zero-order valence-corrected chi connectivity index (χ0v) is 18.6. The molecule has 0 spiro atoms. The van der Waals surface area contributed by atoms with E-state index in [-0.39, 0.29) is 21.7 Å². The summed E-state index contributed by atoms with van der Waals surface area (Å²) in [7, 11) is -4.01. The second kappa shape index (κ2) is 8.76. The lowest BCUT2D eigenvalue weighted by atomic mass is 10.0. The van der Waals surface area contributed by atoms with Crippen LogP contribution >= 0.6 is 0 Å². The van der Waals surface area contributed by atoms with E-state index >= 15 is 0 Å². The SMILES string of the molecule is C=C(NC1=NC(C2=C(S(N)(=O)=O)C=CCC=C2)Nc2ccccc21)c1cc(F)cc(F)c1C. The summed E-state index contributed by atoms with van der Waals surface area (Å²) in [4.78, 5) is 4.63. The Balaban J connectivity index is 1.80. The van der Waals surface area contributed by atoms with Gasteiger partial charge in [-0.25, -0.2) is 27.3 Å². The molecule has 0 radical (unpaired) electrons. The van der Waals surface area contributed by atoms with Gasteiger partial charge >= 0.3 is 0 Å². The quantitative estimate of drug-likeness (QED) is 0.630. The molecule has 170 valence electrons. The van der Waals surface area contributed by atoms with Crippen LogP contribution < -0.4 is 15.8 Å². The molecule has 0 saturated carbocycles. The average Bonchev–Trinajstić information content (AvgIpc) is 3.02. The number of hydrogen-bond donors (Lipinski definition) is 3. The van der Waals surface area contributed by atoms with E-state index in [9.17, 15) is 17.2 Å². The molecule has 1 heterocycles. The maximum atomic E-state index is 14.1. The third-order valence-corrected chi connectivity index (χ3v) is 6.35. The molecule has 4 rings (SSSR count). The summed E-state index contributed by atoms with van der Waals surface area (Å²) in [5, 5.41) is 11.8. The summed E-state index contributed by atoms with van der Waals surface area (Å²) in [6.07, 6.45) is 6.41. The van der Waals surface area contributed by atoms with Crippen LogP contribution in [0.3, 0.4) is 0 Å². The van der Waals surface area contributed by atoms with E-state index in [1.165, 1.54) is 19.1 Å². The van der Waals surface area contributed by atoms with Gasteiger partial charge in [-0.3, -0.25) is 0 Å². The van der Waals surface area contributed by atoms with Crippen LogP contribution in [0.25, 0.3) is 5.70 Å². The largest absolute Gasteiger partial charge is 0.359 e. The van der Waals surface area contributed by atoms with Crippen LogP contribution in [0.1, 0.15) is 23.1 Å². The molecule has 1 atom stereocenters. The van der Waals surface area contributed by atoms with E-state index in [1.807, 2.05) is 30.3 Å². The lowest BCUT2D eigenvalue weighted by Crippen LogP contribution is -2.35. The van der Waals surface area contributed by atoms with Crippen molar-refractivity contribution in [2.45, 2.75) is 19.5 Å². The molecule has 33 heavy (non-hydrogen) atoms. The molecular weight excluding hydrogens is 446 g/mol. The Morgan fingerprint density at radius 1 is 1.21 bits per heavy atom. The monoisotopic (exact) mass is 468 g/mol. The highest BCUT2D eigenvalue weighted by atomic mass is 32.2. The second-order valence-electron chi connectivity index (χ2n) is 7.64. The Morgan fingerprint density at radius 2 is 1.94 bits per heavy atom. The number of benzene rings is 2. The molecule has 0 bridgehead atoms. The zero-order chi connectivity index (χ0) is 23.8. The summed E-state index contributed by atoms with van der Waals surface area (Å²) >= 11 is 0. The fraction of sp³-hybridized carbons (Fsp3) is 0.125. The van der Waals surface area contributed by atoms with Crippen LogP contribution in [0.4, 0.5) is 14.5 Å². The molecule has 2 aliphatic rings. The predicted molar refractivity (Wildman–Crippen MR) is 127 cm³/mol. The number of para-hydroxylation sites is 1. The molecular formula is C24H22F2N4O2S. The van der Waals surface area contributed by atoms with Crippen LogP contribution in [0, 0.1) is 18.6 Å². The van der Waals surface area contributed by atoms with Crippen molar-refractivity contribution in [3.8, 4) is 0 Å². The number of sulfonamides is 1. The molecule has 6 nitrogen and oxygen atoms in total. The van der Waals surface area contributed by atoms with Gasteiger partial charge in [0.25, 0.3) is 0 Å². The molecule has 1 unspecified atom stereocenters. The van der Waals surface area contributed by atoms with Gasteiger partial charge in [-0.05, 0) is 43.2 Å². The van der Waals surface area contributed by atoms with Gasteiger partial charge in [0.15, 0.2) is 0 Å². The van der Waals surface area contributed by atoms with Gasteiger partial charge in [0.05, 0.1) is 4.91 Å². The van der Waals surface area contributed by atoms with Crippen molar-refractivity contribution in [2.75, 3.05) is 5.32 Å². The summed E-state index contributed by atoms with van der Waals surface area (Å²) in [5.41, 5.74) is 2.51. The first kappa shape index (κ1) is 22.6. The minimum Gasteiger partial charge on any atom is -0.359 e. The maximum Gasteiger partial charge on any atom is 0.238 e. The van der Waals surface area contributed by atoms with Gasteiger partial charge < -0.3 is 10.6 Å². The summed E-state index contributed by atoms with van der Waals surface area (Å²) < 4.78 is 52.4. The van der Waals surface area contributed by atoms with Gasteiger partial charge in [-0.1, -0.05) is 36.9 Å². The number of anilines is 1. The van der Waals surface area contributed by atoms with Gasteiger partial charge in [0.1, 0.15) is 23.6 Å². The van der Waals surface area contributed by atoms with Crippen molar-refractivity contribution < 1.29 is 17.2 Å². The summed E-state index contributed by atoms with van der Waals surface area (Å²) in [6.45, 7) is 5.47. The number of nitrogens with two attached hydrogens (primary N) is 1. The Kier molecular flexibility index (Phi) is 6.01. The number of fused-ring (bicyclic) bond motifs is 1. The summed E-state index contributed by atoms with van der Waals surface area (Å²) in [6, 6.07) is 9.28. The average molecular weight is 469 g/mol. The Morgan fingerprint density at radius 3 is 2.70 bits per heavy atom. The van der Waals surface area contributed by atoms with Gasteiger partial charge in [-0.2, -0.15) is 0 Å². The molecule has 0 amide bonds. The molecule has 1 aliphatic carbocycles. The van der Waals surface area contributed by atoms with Crippen molar-refractivity contribution in [1.29, 1.82) is 0 Å². The van der Waals surface area contributed by atoms with Crippen molar-refractivity contribution in [1.82, 2.24) is 5.32 Å². The number of rotatable bonds is 4. The predicted octanol–water partition coefficient (Wildman–Crippen LogP) is 4.09. The highest BCUT2D eigenvalue weighted by Gasteiger charge is 2.27. The standard InChI is InChI=1S/C24H22F2N4O2S/c1-14-19(12-16(25)13-20(14)26)15(2)28-23-17-8-6-7-10-21(17)29-24(30-23)18-9-4-3-5-11-22(18)33(27,31)32/h4-13,24,29H,2-3H2,1H3,(H,28,30)(H2,27,31,32). The van der Waals surface area contributed by atoms with Crippen molar-refractivity contribution >= 4 is 27.2 Å². The van der Waals surface area contributed by atoms with E-state index in [0.717, 1.165) is 6.07 Å². The van der Waals surface area contributed by atoms with Crippen LogP contribution in [0.5, 0.6) is 0 Å². The number of aliphatic imine (C=N–C) groups is 1. The molecule has 0 fully saturated rings. The van der Waals surface area contributed by atoms with Crippen LogP contribution in [-0.4, -0.2) is 20.4 Å². The first-order valence-corrected chi connectivity index (χ1v) is 11.7. The second-order valence-corrected chi connectivity index (χ2v) is 9.17. The smallest absolute Gasteiger partial charge is 0.238 e. The highest BCUT2D eigenvalue weighted by Crippen LogP contribution is 2.30. The molecule has 1 aliphatic heterocycles. The number of nitrogens with one attached hydrogen (secondary N) is 2. The summed E-state index contributed by atoms with van der Waals surface area (Å²) in [5.74, 6) is -1.04. The Bertz CT molecular complexity index is 1370. The Hall–Kier alpha value is -3.56. The first-order chi connectivity index (χ1) is 15.6. The van der Waals surface area contributed by atoms with Gasteiger partial charge in [-0.15, -0.1) is 0 Å². The molecule has 9 heteroatoms. The van der Waals surface area contributed by atoms with Crippen molar-refractivity contribution in [3.05, 3.63) is 106 Å². The molecule has 2 aromatic rings. The van der Waals surface area contributed by atoms with Crippen LogP contribution in [-0.2, 0) is 10.0 Å². The third kappa shape index (κ3) is 4.64. The van der Waals surface area contributed by atoms with Gasteiger partial charge in [0, 0.05) is 34.2 Å². The number of primary sulfonamides is 1. The number of hydrogen-bond acceptors (Lipinski definition) is 5. The van der Waals surface area contributed by atoms with E-state index in [2.05, 4.69) is 22.2 Å². The minimum atomic E-state index is -4.01. The fourth-order valence-electron chi connectivity index (χ4n) is 3.72. The topological polar surface area (TPSA) is 96.6 Å². The fourth-order valence-corrected chi connectivity index (χ4v) is 4.52. The lowest BCUT2D eigenvalue weighted by molar-refractivity contribution is 0.576. The first-order valence-electron chi connectivity index (χ1n) is 10.1. The molecule has 0 aromatic heterocycles. The Labute approximate surface area is 191 Å². The number of allylic oxidation sites excluding steroid dienone is 3. The van der Waals surface area contributed by atoms with Crippen molar-refractivity contribution in [2.24, 2.45) is 10.1 Å². The number of amidine groups is 1. The molecule has 4 N–H and O–H groups in total.